The maximum Gasteiger partial charge on any atom is 0.111 e. The van der Waals surface area contributed by atoms with Crippen molar-refractivity contribution in [2.45, 2.75) is 32.6 Å². The van der Waals surface area contributed by atoms with Crippen LogP contribution in [0.2, 0.25) is 0 Å². The van der Waals surface area contributed by atoms with Crippen LogP contribution in [0.25, 0.3) is 0 Å². The van der Waals surface area contributed by atoms with E-state index in [4.69, 9.17) is 37.4 Å². The summed E-state index contributed by atoms with van der Waals surface area (Å²) >= 11 is 12.1. The van der Waals surface area contributed by atoms with Crippen LogP contribution in [-0.4, -0.2) is 39.0 Å². The number of alkyl halides is 3. The monoisotopic (exact) mass is 426 g/mol. The van der Waals surface area contributed by atoms with E-state index in [-0.39, 0.29) is 5.92 Å². The Morgan fingerprint density at radius 1 is 0.926 bits per heavy atom. The summed E-state index contributed by atoms with van der Waals surface area (Å²) in [5.74, 6) is 0.579. The molecule has 0 radical (unpaired) electrons. The minimum Gasteiger partial charge on any atom is -0.501 e. The Morgan fingerprint density at radius 2 is 1.56 bits per heavy atom. The van der Waals surface area contributed by atoms with Gasteiger partial charge in [-0.15, -0.1) is 11.6 Å². The van der Waals surface area contributed by atoms with Crippen LogP contribution in [0.5, 0.6) is 0 Å². The van der Waals surface area contributed by atoms with Crippen LogP contribution in [0.3, 0.4) is 0 Å². The predicted octanol–water partition coefficient (Wildman–Crippen LogP) is 6.44. The summed E-state index contributed by atoms with van der Waals surface area (Å²) in [5, 5.41) is 0.727. The summed E-state index contributed by atoms with van der Waals surface area (Å²) < 4.78 is 40.0. The lowest BCUT2D eigenvalue weighted by atomic mass is 9.94. The number of rotatable bonds is 17. The summed E-state index contributed by atoms with van der Waals surface area (Å²) in [6.45, 7) is 2.50. The zero-order valence-corrected chi connectivity index (χ0v) is 17.4. The first-order valence-corrected chi connectivity index (χ1v) is 9.93. The number of ether oxygens (including phenoxy) is 3. The van der Waals surface area contributed by atoms with E-state index in [9.17, 15) is 8.78 Å². The molecule has 0 bridgehead atoms. The second-order valence-corrected chi connectivity index (χ2v) is 6.40. The zero-order valence-electron chi connectivity index (χ0n) is 15.8. The van der Waals surface area contributed by atoms with Crippen LogP contribution in [0, 0.1) is 5.92 Å². The van der Waals surface area contributed by atoms with Crippen LogP contribution < -0.4 is 0 Å². The van der Waals surface area contributed by atoms with Crippen molar-refractivity contribution in [2.24, 2.45) is 5.92 Å². The van der Waals surface area contributed by atoms with Gasteiger partial charge in [0.05, 0.1) is 45.3 Å². The minimum atomic E-state index is -0.542. The molecule has 0 aromatic heterocycles. The first kappa shape index (κ1) is 25.8. The van der Waals surface area contributed by atoms with Gasteiger partial charge in [-0.1, -0.05) is 18.5 Å². The molecule has 27 heavy (non-hydrogen) atoms. The molecule has 0 aromatic rings. The summed E-state index contributed by atoms with van der Waals surface area (Å²) in [4.78, 5) is 0. The highest BCUT2D eigenvalue weighted by Crippen LogP contribution is 2.27. The molecule has 0 rings (SSSR count). The topological polar surface area (TPSA) is 27.7 Å². The highest BCUT2D eigenvalue weighted by atomic mass is 35.5. The van der Waals surface area contributed by atoms with Crippen LogP contribution in [0.1, 0.15) is 32.6 Å². The van der Waals surface area contributed by atoms with Gasteiger partial charge in [-0.2, -0.15) is 0 Å². The fourth-order valence-corrected chi connectivity index (χ4v) is 2.59. The maximum absolute atomic E-state index is 12.0. The van der Waals surface area contributed by atoms with Crippen molar-refractivity contribution in [3.8, 4) is 0 Å². The molecule has 1 atom stereocenters. The molecule has 1 unspecified atom stereocenters. The fraction of sp³-hybridized carbons (Fsp3) is 0.600. The minimum absolute atomic E-state index is 0.180. The number of hydrogen-bond donors (Lipinski definition) is 0. The first-order chi connectivity index (χ1) is 13.2. The number of halogens is 4. The second-order valence-electron chi connectivity index (χ2n) is 5.63. The standard InChI is InChI=1S/C20H30Cl2F2O3/c1-18(6-15-27-14-5-11-24)19(7-16-26-13-4-9-21)20(22)8-17-25-12-3-2-10-23/h3-5,12-14,18H,2,6-11,15-17H2,1H3. The first-order valence-electron chi connectivity index (χ1n) is 9.02. The quantitative estimate of drug-likeness (QED) is 0.152. The molecule has 0 aromatic carbocycles. The Bertz CT molecular complexity index is 466. The Hall–Kier alpha value is -1.20. The van der Waals surface area contributed by atoms with Gasteiger partial charge in [-0.05, 0) is 42.6 Å². The molecule has 0 amide bonds. The number of hydrogen-bond acceptors (Lipinski definition) is 3. The second kappa shape index (κ2) is 19.6. The largest absolute Gasteiger partial charge is 0.501 e. The average Bonchev–Trinajstić information content (AvgIpc) is 2.67. The van der Waals surface area contributed by atoms with Gasteiger partial charge in [0.2, 0.25) is 0 Å². The lowest BCUT2D eigenvalue weighted by Gasteiger charge is -2.18. The molecular formula is C20H30Cl2F2O3. The van der Waals surface area contributed by atoms with Gasteiger partial charge in [0.1, 0.15) is 6.67 Å². The van der Waals surface area contributed by atoms with Gasteiger partial charge >= 0.3 is 0 Å². The summed E-state index contributed by atoms with van der Waals surface area (Å²) in [7, 11) is 0. The Balaban J connectivity index is 4.61. The van der Waals surface area contributed by atoms with Gasteiger partial charge < -0.3 is 14.2 Å². The van der Waals surface area contributed by atoms with Crippen molar-refractivity contribution < 1.29 is 23.0 Å². The maximum atomic E-state index is 12.0. The molecule has 0 fully saturated rings. The molecular weight excluding hydrogens is 397 g/mol. The van der Waals surface area contributed by atoms with Crippen molar-refractivity contribution in [1.29, 1.82) is 0 Å². The molecule has 0 aliphatic heterocycles. The molecule has 0 spiro atoms. The molecule has 0 N–H and O–H groups in total. The van der Waals surface area contributed by atoms with Crippen LogP contribution in [0.4, 0.5) is 8.78 Å². The molecule has 7 heteroatoms. The number of allylic oxidation sites excluding steroid dienone is 3. The third-order valence-corrected chi connectivity index (χ3v) is 4.18. The Labute approximate surface area is 171 Å². The van der Waals surface area contributed by atoms with Crippen LogP contribution in [-0.2, 0) is 14.2 Å². The van der Waals surface area contributed by atoms with E-state index < -0.39 is 13.3 Å². The van der Waals surface area contributed by atoms with Crippen LogP contribution >= 0.6 is 23.2 Å². The Morgan fingerprint density at radius 3 is 2.22 bits per heavy atom. The Kier molecular flexibility index (Phi) is 18.7. The molecule has 0 aliphatic rings. The fourth-order valence-electron chi connectivity index (χ4n) is 2.16. The zero-order chi connectivity index (χ0) is 20.2. The van der Waals surface area contributed by atoms with E-state index in [1.165, 1.54) is 18.6 Å². The molecule has 0 aliphatic carbocycles. The third-order valence-electron chi connectivity index (χ3n) is 3.57. The highest BCUT2D eigenvalue weighted by Gasteiger charge is 2.14. The van der Waals surface area contributed by atoms with Crippen molar-refractivity contribution in [2.75, 3.05) is 39.0 Å². The van der Waals surface area contributed by atoms with E-state index in [2.05, 4.69) is 6.92 Å². The summed E-state index contributed by atoms with van der Waals surface area (Å²) in [5.41, 5.74) is 1.07. The van der Waals surface area contributed by atoms with Crippen molar-refractivity contribution >= 4 is 23.2 Å². The van der Waals surface area contributed by atoms with E-state index >= 15 is 0 Å². The van der Waals surface area contributed by atoms with Crippen molar-refractivity contribution in [3.63, 3.8) is 0 Å². The third kappa shape index (κ3) is 15.5. The molecule has 156 valence electrons. The average molecular weight is 427 g/mol. The molecule has 0 saturated carbocycles. The summed E-state index contributed by atoms with van der Waals surface area (Å²) in [6.07, 6.45) is 11.4. The molecule has 3 nitrogen and oxygen atoms in total. The van der Waals surface area contributed by atoms with Crippen molar-refractivity contribution in [3.05, 3.63) is 47.6 Å². The SMILES string of the molecule is CC(CCOC=CCF)C(CCOC=CCCl)=C(Cl)CCOC=CCCF. The predicted molar refractivity (Wildman–Crippen MR) is 108 cm³/mol. The summed E-state index contributed by atoms with van der Waals surface area (Å²) in [6, 6.07) is 0. The van der Waals surface area contributed by atoms with E-state index in [1.807, 2.05) is 0 Å². The smallest absolute Gasteiger partial charge is 0.111 e. The lowest BCUT2D eigenvalue weighted by molar-refractivity contribution is 0.222. The molecule has 0 saturated heterocycles. The van der Waals surface area contributed by atoms with Gasteiger partial charge in [0.15, 0.2) is 0 Å². The molecule has 0 heterocycles. The van der Waals surface area contributed by atoms with Crippen molar-refractivity contribution in [1.82, 2.24) is 0 Å². The van der Waals surface area contributed by atoms with Gasteiger partial charge in [-0.3, -0.25) is 4.39 Å². The van der Waals surface area contributed by atoms with E-state index in [0.717, 1.165) is 17.0 Å². The van der Waals surface area contributed by atoms with Gasteiger partial charge in [0.25, 0.3) is 0 Å². The highest BCUT2D eigenvalue weighted by molar-refractivity contribution is 6.30. The van der Waals surface area contributed by atoms with Crippen LogP contribution in [0.15, 0.2) is 47.6 Å². The lowest BCUT2D eigenvalue weighted by Crippen LogP contribution is -2.08. The van der Waals surface area contributed by atoms with E-state index in [0.29, 0.717) is 45.0 Å². The normalized spacial score (nSPS) is 14.1. The van der Waals surface area contributed by atoms with Gasteiger partial charge in [-0.25, -0.2) is 4.39 Å². The van der Waals surface area contributed by atoms with Gasteiger partial charge in [0, 0.05) is 23.8 Å². The van der Waals surface area contributed by atoms with E-state index in [1.54, 1.807) is 18.4 Å².